The van der Waals surface area contributed by atoms with Crippen LogP contribution >= 0.6 is 0 Å². The number of benzene rings is 2. The molecule has 2 aromatic carbocycles. The van der Waals surface area contributed by atoms with Crippen LogP contribution in [0.25, 0.3) is 22.2 Å². The van der Waals surface area contributed by atoms with Gasteiger partial charge in [0.15, 0.2) is 0 Å². The first-order valence-electron chi connectivity index (χ1n) is 8.92. The Hall–Kier alpha value is -2.91. The lowest BCUT2D eigenvalue weighted by atomic mass is 10.0. The third-order valence-electron chi connectivity index (χ3n) is 4.50. The highest BCUT2D eigenvalue weighted by atomic mass is 19.4. The molecule has 3 aromatic rings. The molecule has 0 N–H and O–H groups in total. The van der Waals surface area contributed by atoms with Gasteiger partial charge < -0.3 is 0 Å². The quantitative estimate of drug-likeness (QED) is 0.369. The van der Waals surface area contributed by atoms with E-state index < -0.39 is 46.8 Å². The Morgan fingerprint density at radius 1 is 0.900 bits per heavy atom. The third kappa shape index (κ3) is 4.63. The van der Waals surface area contributed by atoms with Crippen LogP contribution in [-0.4, -0.2) is 16.0 Å². The molecule has 0 atom stereocenters. The maximum Gasteiger partial charge on any atom is 0.419 e. The molecule has 10 heteroatoms. The minimum atomic E-state index is -4.96. The van der Waals surface area contributed by atoms with Gasteiger partial charge >= 0.3 is 12.4 Å². The van der Waals surface area contributed by atoms with Crippen molar-refractivity contribution in [1.29, 1.82) is 0 Å². The monoisotopic (exact) mass is 432 g/mol. The van der Waals surface area contributed by atoms with Crippen LogP contribution < -0.4 is 5.43 Å². The van der Waals surface area contributed by atoms with Gasteiger partial charge in [-0.3, -0.25) is 9.48 Å². The molecule has 160 valence electrons. The van der Waals surface area contributed by atoms with Gasteiger partial charge in [0, 0.05) is 23.9 Å². The molecule has 30 heavy (non-hydrogen) atoms. The average molecular weight is 432 g/mol. The second-order valence-corrected chi connectivity index (χ2v) is 6.66. The van der Waals surface area contributed by atoms with E-state index in [9.17, 15) is 35.5 Å². The number of aromatic nitrogens is 2. The number of unbranched alkanes of at least 4 members (excludes halogenated alkanes) is 1. The molecule has 0 aliphatic carbocycles. The highest BCUT2D eigenvalue weighted by Crippen LogP contribution is 2.34. The first-order valence-corrected chi connectivity index (χ1v) is 8.92. The summed E-state index contributed by atoms with van der Waals surface area (Å²) in [4.78, 5) is 12.8. The van der Waals surface area contributed by atoms with Gasteiger partial charge in [-0.05, 0) is 37.1 Å². The van der Waals surface area contributed by atoms with Crippen molar-refractivity contribution >= 4 is 10.9 Å². The van der Waals surface area contributed by atoms with Gasteiger partial charge in [-0.2, -0.15) is 31.4 Å². The fourth-order valence-corrected chi connectivity index (χ4v) is 3.11. The molecule has 0 saturated carbocycles. The number of hydrogen-bond acceptors (Lipinski definition) is 2. The molecule has 0 radical (unpaired) electrons. The van der Waals surface area contributed by atoms with Crippen molar-refractivity contribution in [3.63, 3.8) is 0 Å². The maximum atomic E-state index is 14.6. The highest BCUT2D eigenvalue weighted by Gasteiger charge is 2.35. The van der Waals surface area contributed by atoms with Crippen LogP contribution in [0.3, 0.4) is 0 Å². The van der Waals surface area contributed by atoms with Gasteiger partial charge in [-0.25, -0.2) is 4.39 Å². The number of alkyl halides is 6. The molecule has 1 aromatic heterocycles. The number of hydrogen-bond donors (Lipinski definition) is 0. The average Bonchev–Trinajstić information content (AvgIpc) is 2.66. The van der Waals surface area contributed by atoms with Crippen LogP contribution in [0.4, 0.5) is 30.7 Å². The first kappa shape index (κ1) is 21.8. The zero-order valence-electron chi connectivity index (χ0n) is 15.3. The summed E-state index contributed by atoms with van der Waals surface area (Å²) in [6, 6.07) is 8.54. The van der Waals surface area contributed by atoms with Crippen molar-refractivity contribution in [2.24, 2.45) is 0 Å². The minimum absolute atomic E-state index is 0.0234. The fraction of sp³-hybridized carbons (Fsp3) is 0.300. The zero-order chi connectivity index (χ0) is 22.1. The maximum absolute atomic E-state index is 14.6. The number of rotatable bonds is 5. The van der Waals surface area contributed by atoms with Gasteiger partial charge in [-0.15, -0.1) is 0 Å². The predicted molar refractivity (Wildman–Crippen MR) is 96.3 cm³/mol. The smallest absolute Gasteiger partial charge is 0.287 e. The standard InChI is InChI=1S/C20H15F7N2O/c21-16-13(7-5-8-14(16)20(25,26)27)17-18(30)12-6-1-2-9-15(12)29(28-17)11-4-3-10-19(22,23)24/h1-2,5-9H,3-4,10-11H2. The third-order valence-corrected chi connectivity index (χ3v) is 4.50. The van der Waals surface area contributed by atoms with E-state index in [0.717, 1.165) is 12.1 Å². The summed E-state index contributed by atoms with van der Waals surface area (Å²) in [7, 11) is 0. The van der Waals surface area contributed by atoms with Gasteiger partial charge in [-0.1, -0.05) is 18.2 Å². The normalized spacial score (nSPS) is 12.5. The lowest BCUT2D eigenvalue weighted by Gasteiger charge is -2.14. The van der Waals surface area contributed by atoms with Crippen LogP contribution in [0.5, 0.6) is 0 Å². The van der Waals surface area contributed by atoms with Crippen molar-refractivity contribution in [2.45, 2.75) is 38.2 Å². The van der Waals surface area contributed by atoms with Crippen molar-refractivity contribution in [3.8, 4) is 11.3 Å². The van der Waals surface area contributed by atoms with Crippen LogP contribution in [0.15, 0.2) is 47.3 Å². The Labute approximate surface area is 165 Å². The molecule has 3 rings (SSSR count). The summed E-state index contributed by atoms with van der Waals surface area (Å²) in [5.41, 5.74) is -3.16. The number of para-hydroxylation sites is 1. The van der Waals surface area contributed by atoms with Crippen molar-refractivity contribution in [2.75, 3.05) is 0 Å². The molecule has 0 saturated heterocycles. The summed E-state index contributed by atoms with van der Waals surface area (Å²) >= 11 is 0. The molecule has 0 unspecified atom stereocenters. The lowest BCUT2D eigenvalue weighted by Crippen LogP contribution is -2.18. The number of halogens is 7. The van der Waals surface area contributed by atoms with E-state index in [4.69, 9.17) is 0 Å². The van der Waals surface area contributed by atoms with E-state index in [-0.39, 0.29) is 24.8 Å². The first-order chi connectivity index (χ1) is 14.0. The molecule has 0 spiro atoms. The largest absolute Gasteiger partial charge is 0.419 e. The van der Waals surface area contributed by atoms with Crippen LogP contribution in [-0.2, 0) is 12.7 Å². The SMILES string of the molecule is O=c1c(-c2cccc(C(F)(F)F)c2F)nn(CCCCC(F)(F)F)c2ccccc12. The number of nitrogens with zero attached hydrogens (tertiary/aromatic N) is 2. The summed E-state index contributed by atoms with van der Waals surface area (Å²) < 4.78 is 92.0. The van der Waals surface area contributed by atoms with Crippen molar-refractivity contribution in [3.05, 3.63) is 64.1 Å². The summed E-state index contributed by atoms with van der Waals surface area (Å²) in [5.74, 6) is -1.63. The zero-order valence-corrected chi connectivity index (χ0v) is 15.3. The van der Waals surface area contributed by atoms with Gasteiger partial charge in [0.25, 0.3) is 0 Å². The Bertz CT molecular complexity index is 1120. The van der Waals surface area contributed by atoms with E-state index in [0.29, 0.717) is 11.6 Å². The van der Waals surface area contributed by atoms with E-state index in [1.807, 2.05) is 0 Å². The Morgan fingerprint density at radius 2 is 1.60 bits per heavy atom. The van der Waals surface area contributed by atoms with Crippen molar-refractivity contribution < 1.29 is 30.7 Å². The molecule has 0 aliphatic heterocycles. The van der Waals surface area contributed by atoms with E-state index in [2.05, 4.69) is 5.10 Å². The molecular formula is C20H15F7N2O. The Morgan fingerprint density at radius 3 is 2.27 bits per heavy atom. The Balaban J connectivity index is 2.09. The summed E-state index contributed by atoms with van der Waals surface area (Å²) in [5, 5.41) is 4.08. The summed E-state index contributed by atoms with van der Waals surface area (Å²) in [6.07, 6.45) is -10.4. The van der Waals surface area contributed by atoms with E-state index in [1.54, 1.807) is 6.07 Å². The second-order valence-electron chi connectivity index (χ2n) is 6.66. The topological polar surface area (TPSA) is 34.9 Å². The molecule has 0 bridgehead atoms. The van der Waals surface area contributed by atoms with Gasteiger partial charge in [0.05, 0.1) is 11.1 Å². The fourth-order valence-electron chi connectivity index (χ4n) is 3.11. The predicted octanol–water partition coefficient (Wildman–Crippen LogP) is 5.95. The highest BCUT2D eigenvalue weighted by molar-refractivity contribution is 5.82. The minimum Gasteiger partial charge on any atom is -0.287 e. The van der Waals surface area contributed by atoms with E-state index in [1.165, 1.54) is 22.9 Å². The Kier molecular flexibility index (Phi) is 5.87. The molecule has 0 amide bonds. The van der Waals surface area contributed by atoms with Crippen LogP contribution in [0.2, 0.25) is 0 Å². The lowest BCUT2D eigenvalue weighted by molar-refractivity contribution is -0.140. The molecular weight excluding hydrogens is 417 g/mol. The summed E-state index contributed by atoms with van der Waals surface area (Å²) in [6.45, 7) is -0.0234. The van der Waals surface area contributed by atoms with E-state index >= 15 is 0 Å². The van der Waals surface area contributed by atoms with Crippen LogP contribution in [0, 0.1) is 5.82 Å². The second kappa shape index (κ2) is 8.08. The van der Waals surface area contributed by atoms with Crippen LogP contribution in [0.1, 0.15) is 24.8 Å². The van der Waals surface area contributed by atoms with Crippen molar-refractivity contribution in [1.82, 2.24) is 9.78 Å². The van der Waals surface area contributed by atoms with Gasteiger partial charge in [0.2, 0.25) is 5.43 Å². The molecule has 1 heterocycles. The number of aryl methyl sites for hydroxylation is 1. The molecule has 3 nitrogen and oxygen atoms in total. The number of fused-ring (bicyclic) bond motifs is 1. The molecule has 0 fully saturated rings. The van der Waals surface area contributed by atoms with Gasteiger partial charge in [0.1, 0.15) is 11.5 Å². The molecule has 0 aliphatic rings.